The molecule has 0 atom stereocenters. The summed E-state index contributed by atoms with van der Waals surface area (Å²) in [6.07, 6.45) is 0. The number of hydrogen-bond donors (Lipinski definition) is 1. The highest BCUT2D eigenvalue weighted by atomic mass is 16.5. The summed E-state index contributed by atoms with van der Waals surface area (Å²) in [6.45, 7) is 0.119. The second-order valence-electron chi connectivity index (χ2n) is 10.4. The molecule has 0 saturated heterocycles. The van der Waals surface area contributed by atoms with Crippen molar-refractivity contribution in [3.63, 3.8) is 0 Å². The third kappa shape index (κ3) is 6.07. The van der Waals surface area contributed by atoms with Crippen LogP contribution in [0.4, 0.5) is 5.69 Å². The number of fused-ring (bicyclic) bond motifs is 1. The summed E-state index contributed by atoms with van der Waals surface area (Å²) in [6, 6.07) is 18.6. The van der Waals surface area contributed by atoms with Crippen LogP contribution < -0.4 is 44.5 Å². The van der Waals surface area contributed by atoms with Crippen LogP contribution in [0, 0.1) is 0 Å². The highest BCUT2D eigenvalue weighted by Gasteiger charge is 2.28. The molecule has 2 N–H and O–H groups in total. The zero-order chi connectivity index (χ0) is 34.5. The fourth-order valence-corrected chi connectivity index (χ4v) is 5.49. The molecule has 1 aromatic heterocycles. The molecule has 4 aromatic carbocycles. The Morgan fingerprint density at radius 3 is 1.79 bits per heavy atom. The Morgan fingerprint density at radius 2 is 1.23 bits per heavy atom. The zero-order valence-electron chi connectivity index (χ0n) is 27.7. The van der Waals surface area contributed by atoms with Gasteiger partial charge in [0.25, 0.3) is 5.56 Å². The maximum Gasteiger partial charge on any atom is 0.355 e. The molecule has 12 heteroatoms. The van der Waals surface area contributed by atoms with Crippen LogP contribution in [0.3, 0.4) is 0 Å². The fourth-order valence-electron chi connectivity index (χ4n) is 5.49. The number of benzene rings is 4. The van der Waals surface area contributed by atoms with E-state index in [1.165, 1.54) is 40.1 Å². The van der Waals surface area contributed by atoms with Crippen LogP contribution in [0.25, 0.3) is 27.6 Å². The molecular weight excluding hydrogens is 620 g/mol. The van der Waals surface area contributed by atoms with Gasteiger partial charge in [-0.05, 0) is 71.8 Å². The molecule has 0 fully saturated rings. The van der Waals surface area contributed by atoms with Gasteiger partial charge in [-0.15, -0.1) is 0 Å². The molecule has 0 saturated carbocycles. The molecule has 0 radical (unpaired) electrons. The van der Waals surface area contributed by atoms with Crippen LogP contribution >= 0.6 is 0 Å². The van der Waals surface area contributed by atoms with Gasteiger partial charge in [0.05, 0.1) is 55.2 Å². The minimum atomic E-state index is -0.762. The normalized spacial score (nSPS) is 10.7. The van der Waals surface area contributed by atoms with Gasteiger partial charge in [-0.25, -0.2) is 4.79 Å². The topological polar surface area (TPSA) is 139 Å². The summed E-state index contributed by atoms with van der Waals surface area (Å²) in [4.78, 5) is 28.2. The molecule has 0 aliphatic rings. The number of anilines is 1. The molecule has 5 aromatic rings. The maximum absolute atomic E-state index is 14.5. The number of esters is 1. The molecule has 0 spiro atoms. The Bertz CT molecular complexity index is 2010. The van der Waals surface area contributed by atoms with Crippen LogP contribution in [0.5, 0.6) is 40.2 Å². The van der Waals surface area contributed by atoms with E-state index in [4.69, 9.17) is 43.6 Å². The summed E-state index contributed by atoms with van der Waals surface area (Å²) in [5, 5.41) is 0.614. The quantitative estimate of drug-likeness (QED) is 0.132. The molecule has 0 unspecified atom stereocenters. The first kappa shape index (κ1) is 33.3. The van der Waals surface area contributed by atoms with Gasteiger partial charge in [-0.2, -0.15) is 0 Å². The van der Waals surface area contributed by atoms with E-state index in [0.717, 1.165) is 5.56 Å². The number of hydrogen-bond acceptors (Lipinski definition) is 11. The third-order valence-electron chi connectivity index (χ3n) is 7.79. The lowest BCUT2D eigenvalue weighted by Gasteiger charge is -2.21. The summed E-state index contributed by atoms with van der Waals surface area (Å²) in [5.41, 5.74) is 7.88. The number of nitrogen functional groups attached to an aromatic ring is 1. The molecule has 0 bridgehead atoms. The monoisotopic (exact) mass is 656 g/mol. The zero-order valence-corrected chi connectivity index (χ0v) is 27.7. The van der Waals surface area contributed by atoms with Gasteiger partial charge < -0.3 is 43.6 Å². The SMILES string of the molecule is COC(=O)c1c(-c2cc(OC)c(OC)c(OC)c2)c2cc(OC)c(OCc3ccc(OC)c(OC)c3)cc2c(=O)n1-c1ccc(N)cc1. The van der Waals surface area contributed by atoms with Gasteiger partial charge in [-0.3, -0.25) is 9.36 Å². The first-order chi connectivity index (χ1) is 23.2. The first-order valence-electron chi connectivity index (χ1n) is 14.6. The van der Waals surface area contributed by atoms with Crippen molar-refractivity contribution < 1.29 is 42.7 Å². The molecule has 250 valence electrons. The van der Waals surface area contributed by atoms with E-state index >= 15 is 0 Å². The summed E-state index contributed by atoms with van der Waals surface area (Å²) < 4.78 is 46.1. The van der Waals surface area contributed by atoms with Gasteiger partial charge in [0.15, 0.2) is 34.5 Å². The fraction of sp³-hybridized carbons (Fsp3) is 0.222. The van der Waals surface area contributed by atoms with Crippen molar-refractivity contribution in [2.24, 2.45) is 0 Å². The van der Waals surface area contributed by atoms with E-state index in [0.29, 0.717) is 68.1 Å². The van der Waals surface area contributed by atoms with Gasteiger partial charge in [0.2, 0.25) is 5.75 Å². The Morgan fingerprint density at radius 1 is 0.646 bits per heavy atom. The van der Waals surface area contributed by atoms with Crippen molar-refractivity contribution in [1.29, 1.82) is 0 Å². The van der Waals surface area contributed by atoms with Crippen LogP contribution in [-0.2, 0) is 11.3 Å². The van der Waals surface area contributed by atoms with Gasteiger partial charge in [0, 0.05) is 22.3 Å². The van der Waals surface area contributed by atoms with Crippen LogP contribution in [-0.4, -0.2) is 60.3 Å². The molecule has 12 nitrogen and oxygen atoms in total. The molecule has 0 aliphatic heterocycles. The van der Waals surface area contributed by atoms with Crippen molar-refractivity contribution in [3.8, 4) is 57.1 Å². The number of rotatable bonds is 12. The molecular formula is C36H36N2O10. The number of pyridine rings is 1. The molecule has 1 heterocycles. The van der Waals surface area contributed by atoms with E-state index in [1.54, 1.807) is 74.9 Å². The van der Waals surface area contributed by atoms with E-state index in [9.17, 15) is 9.59 Å². The highest BCUT2D eigenvalue weighted by molar-refractivity contribution is 6.08. The van der Waals surface area contributed by atoms with E-state index in [1.807, 2.05) is 6.07 Å². The number of ether oxygens (including phenoxy) is 8. The number of carbonyl (C=O) groups is 1. The highest BCUT2D eigenvalue weighted by Crippen LogP contribution is 2.45. The maximum atomic E-state index is 14.5. The number of carbonyl (C=O) groups excluding carboxylic acids is 1. The standard InChI is InChI=1S/C36H36N2O10/c1-41-26-13-8-20(14-27(26)42-2)19-48-29-18-25-24(17-28(29)43-3)32(21-15-30(44-4)34(46-6)31(16-21)45-5)33(36(40)47-7)38(35(25)39)23-11-9-22(37)10-12-23/h8-18H,19,37H2,1-7H3. The van der Waals surface area contributed by atoms with Gasteiger partial charge >= 0.3 is 5.97 Å². The summed E-state index contributed by atoms with van der Waals surface area (Å²) >= 11 is 0. The first-order valence-corrected chi connectivity index (χ1v) is 14.6. The van der Waals surface area contributed by atoms with E-state index in [2.05, 4.69) is 0 Å². The van der Waals surface area contributed by atoms with Gasteiger partial charge in [-0.1, -0.05) is 6.07 Å². The average Bonchev–Trinajstić information content (AvgIpc) is 3.12. The Balaban J connectivity index is 1.84. The van der Waals surface area contributed by atoms with Crippen molar-refractivity contribution in [3.05, 3.63) is 88.3 Å². The lowest BCUT2D eigenvalue weighted by Crippen LogP contribution is -2.27. The van der Waals surface area contributed by atoms with Crippen molar-refractivity contribution in [2.75, 3.05) is 55.5 Å². The lowest BCUT2D eigenvalue weighted by molar-refractivity contribution is 0.0591. The van der Waals surface area contributed by atoms with Crippen molar-refractivity contribution in [2.45, 2.75) is 6.61 Å². The average molecular weight is 657 g/mol. The molecule has 0 aliphatic carbocycles. The number of nitrogens with two attached hydrogens (primary N) is 1. The Labute approximate surface area is 277 Å². The smallest absolute Gasteiger partial charge is 0.355 e. The van der Waals surface area contributed by atoms with Crippen LogP contribution in [0.2, 0.25) is 0 Å². The van der Waals surface area contributed by atoms with Crippen LogP contribution in [0.1, 0.15) is 16.1 Å². The third-order valence-corrected chi connectivity index (χ3v) is 7.79. The molecule has 48 heavy (non-hydrogen) atoms. The molecule has 5 rings (SSSR count). The van der Waals surface area contributed by atoms with Crippen molar-refractivity contribution in [1.82, 2.24) is 4.57 Å². The Kier molecular flexibility index (Phi) is 9.83. The summed E-state index contributed by atoms with van der Waals surface area (Å²) in [5.74, 6) is 1.99. The number of nitrogens with zero attached hydrogens (tertiary/aromatic N) is 1. The second kappa shape index (κ2) is 14.2. The summed E-state index contributed by atoms with van der Waals surface area (Å²) in [7, 11) is 10.3. The second-order valence-corrected chi connectivity index (χ2v) is 10.4. The van der Waals surface area contributed by atoms with E-state index in [-0.39, 0.29) is 17.7 Å². The minimum absolute atomic E-state index is 0.0462. The lowest BCUT2D eigenvalue weighted by atomic mass is 9.95. The van der Waals surface area contributed by atoms with Crippen LogP contribution in [0.15, 0.2) is 71.5 Å². The molecule has 0 amide bonds. The van der Waals surface area contributed by atoms with Crippen molar-refractivity contribution >= 4 is 22.4 Å². The predicted octanol–water partition coefficient (Wildman–Crippen LogP) is 5.66. The van der Waals surface area contributed by atoms with E-state index < -0.39 is 11.5 Å². The minimum Gasteiger partial charge on any atom is -0.493 e. The Hall–Kier alpha value is -6.04. The number of methoxy groups -OCH3 is 7. The largest absolute Gasteiger partial charge is 0.493 e. The predicted molar refractivity (Wildman–Crippen MR) is 181 cm³/mol. The van der Waals surface area contributed by atoms with Gasteiger partial charge in [0.1, 0.15) is 12.3 Å². The number of aromatic nitrogens is 1.